The predicted molar refractivity (Wildman–Crippen MR) is 69.1 cm³/mol. The number of amides is 1. The number of anilines is 1. The Morgan fingerprint density at radius 3 is 3.05 bits per heavy atom. The van der Waals surface area contributed by atoms with E-state index in [0.29, 0.717) is 10.7 Å². The summed E-state index contributed by atoms with van der Waals surface area (Å²) in [4.78, 5) is 15.9. The van der Waals surface area contributed by atoms with Crippen LogP contribution in [0.4, 0.5) is 5.69 Å². The Bertz CT molecular complexity index is 609. The average Bonchev–Trinajstić information content (AvgIpc) is 2.79. The molecule has 0 unspecified atom stereocenters. The van der Waals surface area contributed by atoms with Crippen molar-refractivity contribution in [1.82, 2.24) is 25.3 Å². The summed E-state index contributed by atoms with van der Waals surface area (Å²) in [5.41, 5.74) is 0.709. The molecule has 0 aliphatic carbocycles. The first-order valence-corrected chi connectivity index (χ1v) is 6.15. The average molecular weight is 279 g/mol. The van der Waals surface area contributed by atoms with Crippen LogP contribution in [0.15, 0.2) is 24.7 Å². The molecule has 1 saturated heterocycles. The number of carbonyl (C=O) groups excluding carboxylic acids is 1. The third-order valence-corrected chi connectivity index (χ3v) is 3.22. The quantitative estimate of drug-likeness (QED) is 0.864. The Morgan fingerprint density at radius 2 is 2.37 bits per heavy atom. The van der Waals surface area contributed by atoms with Crippen molar-refractivity contribution in [2.24, 2.45) is 0 Å². The third-order valence-electron chi connectivity index (χ3n) is 2.89. The summed E-state index contributed by atoms with van der Waals surface area (Å²) in [7, 11) is 0. The van der Waals surface area contributed by atoms with Crippen LogP contribution >= 0.6 is 11.6 Å². The standard InChI is InChI=1S/C11H11ClN6O/c12-8-1-2-13-5-9(8)15-11(19)10-6-18(17-16-10)7-3-14-4-7/h1-2,5-7,14H,3-4H2,(H,15,19). The maximum absolute atomic E-state index is 12.0. The second-order valence-electron chi connectivity index (χ2n) is 4.21. The van der Waals surface area contributed by atoms with Gasteiger partial charge < -0.3 is 10.6 Å². The van der Waals surface area contributed by atoms with Crippen molar-refractivity contribution in [3.05, 3.63) is 35.4 Å². The Labute approximate surface area is 114 Å². The first-order chi connectivity index (χ1) is 9.24. The fraction of sp³-hybridized carbons (Fsp3) is 0.273. The molecule has 98 valence electrons. The van der Waals surface area contributed by atoms with E-state index in [4.69, 9.17) is 11.6 Å². The number of nitrogens with zero attached hydrogens (tertiary/aromatic N) is 4. The molecule has 0 saturated carbocycles. The molecule has 3 rings (SSSR count). The maximum atomic E-state index is 12.0. The fourth-order valence-corrected chi connectivity index (χ4v) is 1.83. The van der Waals surface area contributed by atoms with Crippen molar-refractivity contribution in [1.29, 1.82) is 0 Å². The number of hydrogen-bond acceptors (Lipinski definition) is 5. The van der Waals surface area contributed by atoms with Gasteiger partial charge in [-0.05, 0) is 6.07 Å². The van der Waals surface area contributed by atoms with Crippen LogP contribution in [0.25, 0.3) is 0 Å². The SMILES string of the molecule is O=C(Nc1cnccc1Cl)c1cn(C2CNC2)nn1. The summed E-state index contributed by atoms with van der Waals surface area (Å²) in [6.07, 6.45) is 4.67. The van der Waals surface area contributed by atoms with Crippen LogP contribution in [0.2, 0.25) is 5.02 Å². The largest absolute Gasteiger partial charge is 0.318 e. The molecular weight excluding hydrogens is 268 g/mol. The van der Waals surface area contributed by atoms with Crippen molar-refractivity contribution in [2.75, 3.05) is 18.4 Å². The number of aromatic nitrogens is 4. The number of halogens is 1. The van der Waals surface area contributed by atoms with Crippen molar-refractivity contribution < 1.29 is 4.79 Å². The molecule has 7 nitrogen and oxygen atoms in total. The van der Waals surface area contributed by atoms with E-state index in [1.54, 1.807) is 23.1 Å². The molecule has 1 aliphatic rings. The van der Waals surface area contributed by atoms with E-state index in [0.717, 1.165) is 13.1 Å². The normalized spacial score (nSPS) is 15.0. The van der Waals surface area contributed by atoms with Gasteiger partial charge in [0, 0.05) is 19.3 Å². The molecule has 19 heavy (non-hydrogen) atoms. The Hall–Kier alpha value is -1.99. The Kier molecular flexibility index (Phi) is 3.14. The molecule has 2 N–H and O–H groups in total. The lowest BCUT2D eigenvalue weighted by Gasteiger charge is -2.26. The molecular formula is C11H11ClN6O. The summed E-state index contributed by atoms with van der Waals surface area (Å²) in [5.74, 6) is -0.353. The molecule has 1 aliphatic heterocycles. The second-order valence-corrected chi connectivity index (χ2v) is 4.61. The topological polar surface area (TPSA) is 84.7 Å². The summed E-state index contributed by atoms with van der Waals surface area (Å²) in [6.45, 7) is 1.69. The van der Waals surface area contributed by atoms with Gasteiger partial charge in [-0.2, -0.15) is 0 Å². The molecule has 8 heteroatoms. The molecule has 0 spiro atoms. The van der Waals surface area contributed by atoms with E-state index in [9.17, 15) is 4.79 Å². The summed E-state index contributed by atoms with van der Waals surface area (Å²) in [6, 6.07) is 1.88. The van der Waals surface area contributed by atoms with Crippen molar-refractivity contribution in [3.63, 3.8) is 0 Å². The van der Waals surface area contributed by atoms with Gasteiger partial charge in [0.15, 0.2) is 5.69 Å². The van der Waals surface area contributed by atoms with Gasteiger partial charge in [-0.1, -0.05) is 16.8 Å². The molecule has 1 amide bonds. The van der Waals surface area contributed by atoms with Crippen molar-refractivity contribution in [2.45, 2.75) is 6.04 Å². The molecule has 1 fully saturated rings. The zero-order chi connectivity index (χ0) is 13.2. The van der Waals surface area contributed by atoms with Crippen LogP contribution in [0, 0.1) is 0 Å². The number of rotatable bonds is 3. The second kappa shape index (κ2) is 4.94. The van der Waals surface area contributed by atoms with Crippen LogP contribution in [0.5, 0.6) is 0 Å². The highest BCUT2D eigenvalue weighted by Crippen LogP contribution is 2.19. The zero-order valence-electron chi connectivity index (χ0n) is 9.88. The van der Waals surface area contributed by atoms with Gasteiger partial charge in [0.1, 0.15) is 0 Å². The van der Waals surface area contributed by atoms with E-state index in [1.165, 1.54) is 6.20 Å². The summed E-state index contributed by atoms with van der Waals surface area (Å²) < 4.78 is 1.69. The minimum atomic E-state index is -0.353. The zero-order valence-corrected chi connectivity index (χ0v) is 10.6. The monoisotopic (exact) mass is 278 g/mol. The lowest BCUT2D eigenvalue weighted by Crippen LogP contribution is -2.43. The van der Waals surface area contributed by atoms with Crippen LogP contribution in [0.1, 0.15) is 16.5 Å². The smallest absolute Gasteiger partial charge is 0.277 e. The highest BCUT2D eigenvalue weighted by Gasteiger charge is 2.21. The first-order valence-electron chi connectivity index (χ1n) is 5.77. The lowest BCUT2D eigenvalue weighted by molar-refractivity contribution is 0.102. The molecule has 0 aromatic carbocycles. The van der Waals surface area contributed by atoms with E-state index in [-0.39, 0.29) is 17.6 Å². The molecule has 0 bridgehead atoms. The Morgan fingerprint density at radius 1 is 1.53 bits per heavy atom. The van der Waals surface area contributed by atoms with Gasteiger partial charge in [-0.25, -0.2) is 4.68 Å². The predicted octanol–water partition coefficient (Wildman–Crippen LogP) is 0.723. The summed E-state index contributed by atoms with van der Waals surface area (Å²) >= 11 is 5.94. The van der Waals surface area contributed by atoms with Gasteiger partial charge >= 0.3 is 0 Å². The number of hydrogen-bond donors (Lipinski definition) is 2. The minimum Gasteiger partial charge on any atom is -0.318 e. The van der Waals surface area contributed by atoms with E-state index < -0.39 is 0 Å². The van der Waals surface area contributed by atoms with Crippen LogP contribution in [-0.2, 0) is 0 Å². The van der Waals surface area contributed by atoms with Gasteiger partial charge in [0.05, 0.1) is 29.1 Å². The number of pyridine rings is 1. The highest BCUT2D eigenvalue weighted by molar-refractivity contribution is 6.33. The van der Waals surface area contributed by atoms with E-state index in [1.807, 2.05) is 0 Å². The Balaban J connectivity index is 1.73. The van der Waals surface area contributed by atoms with E-state index >= 15 is 0 Å². The van der Waals surface area contributed by atoms with Crippen LogP contribution < -0.4 is 10.6 Å². The fourth-order valence-electron chi connectivity index (χ4n) is 1.68. The highest BCUT2D eigenvalue weighted by atomic mass is 35.5. The molecule has 3 heterocycles. The number of carbonyl (C=O) groups is 1. The minimum absolute atomic E-state index is 0.256. The van der Waals surface area contributed by atoms with Gasteiger partial charge in [0.25, 0.3) is 5.91 Å². The van der Waals surface area contributed by atoms with Crippen molar-refractivity contribution >= 4 is 23.2 Å². The van der Waals surface area contributed by atoms with Crippen LogP contribution in [0.3, 0.4) is 0 Å². The number of nitrogens with one attached hydrogen (secondary N) is 2. The van der Waals surface area contributed by atoms with Gasteiger partial charge in [-0.15, -0.1) is 5.10 Å². The van der Waals surface area contributed by atoms with Gasteiger partial charge in [-0.3, -0.25) is 9.78 Å². The molecule has 2 aromatic rings. The maximum Gasteiger partial charge on any atom is 0.277 e. The summed E-state index contributed by atoms with van der Waals surface area (Å²) in [5, 5.41) is 14.0. The van der Waals surface area contributed by atoms with Crippen molar-refractivity contribution in [3.8, 4) is 0 Å². The molecule has 2 aromatic heterocycles. The lowest BCUT2D eigenvalue weighted by atomic mass is 10.2. The molecule has 0 atom stereocenters. The first kappa shape index (κ1) is 12.1. The van der Waals surface area contributed by atoms with E-state index in [2.05, 4.69) is 25.9 Å². The van der Waals surface area contributed by atoms with Crippen LogP contribution in [-0.4, -0.2) is 39.0 Å². The third kappa shape index (κ3) is 2.42. The van der Waals surface area contributed by atoms with Gasteiger partial charge in [0.2, 0.25) is 0 Å². The molecule has 0 radical (unpaired) electrons.